The molecule has 4 nitrogen and oxygen atoms in total. The number of hydrogen-bond acceptors (Lipinski definition) is 4. The molecule has 1 unspecified atom stereocenters. The maximum atomic E-state index is 13.2. The van der Waals surface area contributed by atoms with Gasteiger partial charge in [-0.15, -0.1) is 0 Å². The van der Waals surface area contributed by atoms with E-state index < -0.39 is 0 Å². The number of nitrogens with zero attached hydrogens (tertiary/aromatic N) is 2. The van der Waals surface area contributed by atoms with Crippen LogP contribution in [0.4, 0.5) is 4.39 Å². The Kier molecular flexibility index (Phi) is 3.61. The van der Waals surface area contributed by atoms with Gasteiger partial charge in [0.1, 0.15) is 5.82 Å². The fourth-order valence-corrected chi connectivity index (χ4v) is 2.57. The highest BCUT2D eigenvalue weighted by atomic mass is 79.9. The van der Waals surface area contributed by atoms with Gasteiger partial charge < -0.3 is 9.84 Å². The summed E-state index contributed by atoms with van der Waals surface area (Å²) in [5, 5.41) is 7.32. The third kappa shape index (κ3) is 2.69. The van der Waals surface area contributed by atoms with Gasteiger partial charge in [0.05, 0.1) is 10.5 Å². The summed E-state index contributed by atoms with van der Waals surface area (Å²) in [6.07, 6.45) is 3.36. The van der Waals surface area contributed by atoms with E-state index in [4.69, 9.17) is 4.52 Å². The van der Waals surface area contributed by atoms with Crippen molar-refractivity contribution in [3.05, 3.63) is 34.4 Å². The summed E-state index contributed by atoms with van der Waals surface area (Å²) >= 11 is 3.15. The molecule has 1 N–H and O–H groups in total. The second kappa shape index (κ2) is 5.38. The van der Waals surface area contributed by atoms with Gasteiger partial charge in [-0.2, -0.15) is 4.98 Å². The van der Waals surface area contributed by atoms with E-state index in [9.17, 15) is 4.39 Å². The van der Waals surface area contributed by atoms with Crippen LogP contribution in [0.2, 0.25) is 0 Å². The molecule has 2 heterocycles. The summed E-state index contributed by atoms with van der Waals surface area (Å²) in [5.74, 6) is 0.791. The molecule has 100 valence electrons. The first kappa shape index (κ1) is 12.7. The maximum absolute atomic E-state index is 13.2. The van der Waals surface area contributed by atoms with E-state index in [1.165, 1.54) is 12.5 Å². The van der Waals surface area contributed by atoms with E-state index in [2.05, 4.69) is 31.4 Å². The van der Waals surface area contributed by atoms with E-state index in [0.717, 1.165) is 24.9 Å². The van der Waals surface area contributed by atoms with Crippen LogP contribution in [0.1, 0.15) is 31.2 Å². The molecule has 1 atom stereocenters. The third-order valence-electron chi connectivity index (χ3n) is 3.23. The summed E-state index contributed by atoms with van der Waals surface area (Å²) < 4.78 is 18.9. The summed E-state index contributed by atoms with van der Waals surface area (Å²) in [6, 6.07) is 4.81. The van der Waals surface area contributed by atoms with Crippen LogP contribution in [0.25, 0.3) is 11.4 Å². The zero-order valence-electron chi connectivity index (χ0n) is 10.2. The topological polar surface area (TPSA) is 51.0 Å². The molecule has 0 saturated carbocycles. The molecule has 0 spiro atoms. The molecule has 1 fully saturated rings. The molecule has 0 amide bonds. The molecule has 6 heteroatoms. The van der Waals surface area contributed by atoms with Crippen molar-refractivity contribution in [3.8, 4) is 11.4 Å². The van der Waals surface area contributed by atoms with Crippen LogP contribution in [-0.2, 0) is 0 Å². The van der Waals surface area contributed by atoms with Crippen LogP contribution < -0.4 is 5.32 Å². The van der Waals surface area contributed by atoms with Crippen LogP contribution in [0.15, 0.2) is 27.2 Å². The lowest BCUT2D eigenvalue weighted by molar-refractivity contribution is 0.297. The number of halogens is 2. The van der Waals surface area contributed by atoms with Gasteiger partial charge in [-0.25, -0.2) is 4.39 Å². The van der Waals surface area contributed by atoms with Gasteiger partial charge in [0.25, 0.3) is 0 Å². The predicted octanol–water partition coefficient (Wildman–Crippen LogP) is 3.45. The summed E-state index contributed by atoms with van der Waals surface area (Å²) in [5.41, 5.74) is 0.735. The van der Waals surface area contributed by atoms with Crippen molar-refractivity contribution < 1.29 is 8.91 Å². The SMILES string of the molecule is Fc1ccc(-c2noc(C3CCCCN3)n2)cc1Br. The maximum Gasteiger partial charge on any atom is 0.244 e. The minimum atomic E-state index is -0.304. The van der Waals surface area contributed by atoms with Gasteiger partial charge in [-0.05, 0) is 53.5 Å². The van der Waals surface area contributed by atoms with E-state index >= 15 is 0 Å². The molecular weight excluding hydrogens is 313 g/mol. The summed E-state index contributed by atoms with van der Waals surface area (Å²) in [6.45, 7) is 0.977. The highest BCUT2D eigenvalue weighted by Gasteiger charge is 2.21. The van der Waals surface area contributed by atoms with E-state index in [1.54, 1.807) is 12.1 Å². The molecule has 1 saturated heterocycles. The second-order valence-electron chi connectivity index (χ2n) is 4.59. The third-order valence-corrected chi connectivity index (χ3v) is 3.84. The van der Waals surface area contributed by atoms with Crippen LogP contribution in [0.5, 0.6) is 0 Å². The number of benzene rings is 1. The van der Waals surface area contributed by atoms with Crippen molar-refractivity contribution in [2.45, 2.75) is 25.3 Å². The number of nitrogens with one attached hydrogen (secondary N) is 1. The molecule has 0 aliphatic carbocycles. The van der Waals surface area contributed by atoms with Crippen molar-refractivity contribution in [1.29, 1.82) is 0 Å². The molecule has 3 rings (SSSR count). The fourth-order valence-electron chi connectivity index (χ4n) is 2.19. The molecule has 0 radical (unpaired) electrons. The molecule has 19 heavy (non-hydrogen) atoms. The van der Waals surface area contributed by atoms with E-state index in [-0.39, 0.29) is 11.9 Å². The van der Waals surface area contributed by atoms with Gasteiger partial charge in [-0.3, -0.25) is 0 Å². The molecular formula is C13H13BrFN3O. The Morgan fingerprint density at radius 2 is 2.26 bits per heavy atom. The predicted molar refractivity (Wildman–Crippen MR) is 72.0 cm³/mol. The Balaban J connectivity index is 1.85. The van der Waals surface area contributed by atoms with Gasteiger partial charge in [-0.1, -0.05) is 11.6 Å². The fraction of sp³-hybridized carbons (Fsp3) is 0.385. The van der Waals surface area contributed by atoms with E-state index in [0.29, 0.717) is 16.2 Å². The van der Waals surface area contributed by atoms with Crippen molar-refractivity contribution >= 4 is 15.9 Å². The van der Waals surface area contributed by atoms with Gasteiger partial charge in [0.15, 0.2) is 0 Å². The van der Waals surface area contributed by atoms with Crippen LogP contribution >= 0.6 is 15.9 Å². The van der Waals surface area contributed by atoms with Crippen LogP contribution in [-0.4, -0.2) is 16.7 Å². The number of hydrogen-bond donors (Lipinski definition) is 1. The molecule has 2 aromatic rings. The molecule has 1 aliphatic rings. The summed E-state index contributed by atoms with van der Waals surface area (Å²) in [4.78, 5) is 4.39. The smallest absolute Gasteiger partial charge is 0.244 e. The van der Waals surface area contributed by atoms with Crippen LogP contribution in [0, 0.1) is 5.82 Å². The quantitative estimate of drug-likeness (QED) is 0.918. The molecule has 1 aromatic heterocycles. The zero-order valence-corrected chi connectivity index (χ0v) is 11.8. The van der Waals surface area contributed by atoms with Gasteiger partial charge in [0, 0.05) is 5.56 Å². The Labute approximate surface area is 118 Å². The lowest BCUT2D eigenvalue weighted by Crippen LogP contribution is -2.26. The lowest BCUT2D eigenvalue weighted by Gasteiger charge is -2.19. The second-order valence-corrected chi connectivity index (χ2v) is 5.44. The average Bonchev–Trinajstić information content (AvgIpc) is 2.93. The van der Waals surface area contributed by atoms with Gasteiger partial charge in [0.2, 0.25) is 11.7 Å². The molecule has 1 aliphatic heterocycles. The monoisotopic (exact) mass is 325 g/mol. The number of aromatic nitrogens is 2. The molecule has 0 bridgehead atoms. The normalized spacial score (nSPS) is 19.6. The van der Waals surface area contributed by atoms with Crippen molar-refractivity contribution in [3.63, 3.8) is 0 Å². The minimum absolute atomic E-state index is 0.138. The Morgan fingerprint density at radius 3 is 3.00 bits per heavy atom. The zero-order chi connectivity index (χ0) is 13.2. The Morgan fingerprint density at radius 1 is 1.37 bits per heavy atom. The van der Waals surface area contributed by atoms with Crippen molar-refractivity contribution in [2.75, 3.05) is 6.54 Å². The average molecular weight is 326 g/mol. The first-order valence-electron chi connectivity index (χ1n) is 6.26. The van der Waals surface area contributed by atoms with E-state index in [1.807, 2.05) is 0 Å². The summed E-state index contributed by atoms with van der Waals surface area (Å²) in [7, 11) is 0. The van der Waals surface area contributed by atoms with Crippen LogP contribution in [0.3, 0.4) is 0 Å². The lowest BCUT2D eigenvalue weighted by atomic mass is 10.1. The van der Waals surface area contributed by atoms with Crippen molar-refractivity contribution in [1.82, 2.24) is 15.5 Å². The first-order chi connectivity index (χ1) is 9.24. The Hall–Kier alpha value is -1.27. The number of piperidine rings is 1. The molecule has 1 aromatic carbocycles. The number of rotatable bonds is 2. The largest absolute Gasteiger partial charge is 0.337 e. The highest BCUT2D eigenvalue weighted by molar-refractivity contribution is 9.10. The van der Waals surface area contributed by atoms with Crippen molar-refractivity contribution in [2.24, 2.45) is 0 Å². The first-order valence-corrected chi connectivity index (χ1v) is 7.06. The standard InChI is InChI=1S/C13H13BrFN3O/c14-9-7-8(4-5-10(9)15)12-17-13(19-18-12)11-3-1-2-6-16-11/h4-5,7,11,16H,1-3,6H2. The highest BCUT2D eigenvalue weighted by Crippen LogP contribution is 2.26. The Bertz CT molecular complexity index is 581. The van der Waals surface area contributed by atoms with Gasteiger partial charge >= 0.3 is 0 Å². The minimum Gasteiger partial charge on any atom is -0.337 e.